The highest BCUT2D eigenvalue weighted by Gasteiger charge is 2.23. The number of amides is 1. The van der Waals surface area contributed by atoms with Gasteiger partial charge in [-0.1, -0.05) is 17.7 Å². The molecule has 0 spiro atoms. The van der Waals surface area contributed by atoms with Gasteiger partial charge < -0.3 is 10.1 Å². The molecule has 0 bridgehead atoms. The number of pyridine rings is 1. The van der Waals surface area contributed by atoms with Gasteiger partial charge in [-0.2, -0.15) is 8.78 Å². The van der Waals surface area contributed by atoms with Crippen molar-refractivity contribution in [3.63, 3.8) is 0 Å². The zero-order valence-corrected chi connectivity index (χ0v) is 14.3. The highest BCUT2D eigenvalue weighted by atomic mass is 32.2. The zero-order chi connectivity index (χ0) is 18.4. The molecule has 0 unspecified atom stereocenters. The number of carbonyl (C=O) groups is 2. The molecule has 1 N–H and O–H groups in total. The number of nitrogens with one attached hydrogen (secondary N) is 1. The summed E-state index contributed by atoms with van der Waals surface area (Å²) in [5.74, 6) is -4.13. The Bertz CT molecular complexity index is 754. The first-order chi connectivity index (χ1) is 11.9. The first-order valence-electron chi connectivity index (χ1n) is 7.35. The van der Waals surface area contributed by atoms with E-state index in [0.717, 1.165) is 5.56 Å². The van der Waals surface area contributed by atoms with E-state index in [-0.39, 0.29) is 22.4 Å². The molecule has 8 heteroatoms. The standard InChI is InChI=1S/C17H16F2N2O3S/c1-10-5-7-12(8-6-10)21-14(22)11(2)24-16(23)13-4-3-9-20-15(13)25-17(18)19/h3-9,11,17H,1-2H3,(H,21,22)/t11-/m1/s1. The van der Waals surface area contributed by atoms with Crippen LogP contribution in [0.1, 0.15) is 22.8 Å². The SMILES string of the molecule is Cc1ccc(NC(=O)[C@@H](C)OC(=O)c2cccnc2SC(F)F)cc1. The summed E-state index contributed by atoms with van der Waals surface area (Å²) in [6.45, 7) is 3.32. The van der Waals surface area contributed by atoms with Gasteiger partial charge >= 0.3 is 5.97 Å². The number of esters is 1. The summed E-state index contributed by atoms with van der Waals surface area (Å²) < 4.78 is 30.1. The van der Waals surface area contributed by atoms with Crippen LogP contribution in [0.2, 0.25) is 0 Å². The number of hydrogen-bond donors (Lipinski definition) is 1. The van der Waals surface area contributed by atoms with E-state index in [1.807, 2.05) is 19.1 Å². The van der Waals surface area contributed by atoms with E-state index in [1.165, 1.54) is 25.3 Å². The first-order valence-corrected chi connectivity index (χ1v) is 8.23. The van der Waals surface area contributed by atoms with Crippen LogP contribution in [-0.2, 0) is 9.53 Å². The number of rotatable bonds is 6. The molecule has 25 heavy (non-hydrogen) atoms. The lowest BCUT2D eigenvalue weighted by Gasteiger charge is -2.14. The van der Waals surface area contributed by atoms with Crippen LogP contribution >= 0.6 is 11.8 Å². The van der Waals surface area contributed by atoms with Gasteiger partial charge in [0.1, 0.15) is 5.03 Å². The van der Waals surface area contributed by atoms with Gasteiger partial charge in [-0.15, -0.1) is 0 Å². The monoisotopic (exact) mass is 366 g/mol. The Hall–Kier alpha value is -2.48. The van der Waals surface area contributed by atoms with Crippen molar-refractivity contribution in [2.75, 3.05) is 5.32 Å². The summed E-state index contributed by atoms with van der Waals surface area (Å²) >= 11 is 0.147. The van der Waals surface area contributed by atoms with Gasteiger partial charge in [-0.25, -0.2) is 9.78 Å². The van der Waals surface area contributed by atoms with E-state index in [0.29, 0.717) is 5.69 Å². The Morgan fingerprint density at radius 1 is 1.20 bits per heavy atom. The highest BCUT2D eigenvalue weighted by molar-refractivity contribution is 7.99. The number of anilines is 1. The fourth-order valence-electron chi connectivity index (χ4n) is 1.88. The third-order valence-electron chi connectivity index (χ3n) is 3.16. The average molecular weight is 366 g/mol. The Morgan fingerprint density at radius 2 is 1.88 bits per heavy atom. The van der Waals surface area contributed by atoms with Crippen LogP contribution in [0.3, 0.4) is 0 Å². The summed E-state index contributed by atoms with van der Waals surface area (Å²) in [6.07, 6.45) is 0.202. The maximum Gasteiger partial charge on any atom is 0.341 e. The minimum absolute atomic E-state index is 0.109. The predicted octanol–water partition coefficient (Wildman–Crippen LogP) is 3.89. The largest absolute Gasteiger partial charge is 0.449 e. The number of carbonyl (C=O) groups excluding carboxylic acids is 2. The van der Waals surface area contributed by atoms with E-state index in [2.05, 4.69) is 10.3 Å². The summed E-state index contributed by atoms with van der Waals surface area (Å²) in [5.41, 5.74) is 1.50. The molecule has 0 radical (unpaired) electrons. The minimum Gasteiger partial charge on any atom is -0.449 e. The Balaban J connectivity index is 2.02. The van der Waals surface area contributed by atoms with Crippen LogP contribution in [0.5, 0.6) is 0 Å². The summed E-state index contributed by atoms with van der Waals surface area (Å²) in [5, 5.41) is 2.47. The molecule has 1 atom stereocenters. The van der Waals surface area contributed by atoms with Crippen molar-refractivity contribution >= 4 is 29.3 Å². The van der Waals surface area contributed by atoms with E-state index < -0.39 is 23.7 Å². The van der Waals surface area contributed by atoms with Crippen molar-refractivity contribution in [3.05, 3.63) is 53.7 Å². The van der Waals surface area contributed by atoms with Crippen molar-refractivity contribution in [2.24, 2.45) is 0 Å². The van der Waals surface area contributed by atoms with Gasteiger partial charge in [-0.05, 0) is 49.9 Å². The average Bonchev–Trinajstić information content (AvgIpc) is 2.56. The number of aromatic nitrogens is 1. The molecule has 0 aliphatic rings. The maximum absolute atomic E-state index is 12.5. The number of aryl methyl sites for hydroxylation is 1. The van der Waals surface area contributed by atoms with Gasteiger partial charge in [0.05, 0.1) is 5.56 Å². The number of hydrogen-bond acceptors (Lipinski definition) is 5. The molecule has 2 rings (SSSR count). The molecule has 0 aliphatic carbocycles. The van der Waals surface area contributed by atoms with Crippen molar-refractivity contribution < 1.29 is 23.1 Å². The molecule has 2 aromatic rings. The van der Waals surface area contributed by atoms with Crippen LogP contribution in [0.15, 0.2) is 47.6 Å². The van der Waals surface area contributed by atoms with E-state index in [9.17, 15) is 18.4 Å². The molecule has 132 valence electrons. The highest BCUT2D eigenvalue weighted by Crippen LogP contribution is 2.27. The molecule has 1 heterocycles. The topological polar surface area (TPSA) is 68.3 Å². The van der Waals surface area contributed by atoms with E-state index >= 15 is 0 Å². The molecule has 0 saturated heterocycles. The minimum atomic E-state index is -2.72. The number of alkyl halides is 2. The Morgan fingerprint density at radius 3 is 2.52 bits per heavy atom. The van der Waals surface area contributed by atoms with Crippen LogP contribution in [0.25, 0.3) is 0 Å². The van der Waals surface area contributed by atoms with Crippen molar-refractivity contribution in [2.45, 2.75) is 30.7 Å². The second kappa shape index (κ2) is 8.57. The number of thioether (sulfide) groups is 1. The molecular formula is C17H16F2N2O3S. The number of halogens is 2. The lowest BCUT2D eigenvalue weighted by atomic mass is 10.2. The third-order valence-corrected chi connectivity index (χ3v) is 3.89. The molecule has 1 aromatic carbocycles. The Kier molecular flexibility index (Phi) is 6.46. The zero-order valence-electron chi connectivity index (χ0n) is 13.5. The maximum atomic E-state index is 12.5. The molecule has 0 saturated carbocycles. The van der Waals surface area contributed by atoms with Crippen LogP contribution in [0, 0.1) is 6.92 Å². The fraction of sp³-hybridized carbons (Fsp3) is 0.235. The fourth-order valence-corrected chi connectivity index (χ4v) is 2.45. The molecule has 1 aromatic heterocycles. The van der Waals surface area contributed by atoms with Crippen molar-refractivity contribution in [1.29, 1.82) is 0 Å². The van der Waals surface area contributed by atoms with Crippen molar-refractivity contribution in [1.82, 2.24) is 4.98 Å². The van der Waals surface area contributed by atoms with Crippen LogP contribution < -0.4 is 5.32 Å². The molecule has 5 nitrogen and oxygen atoms in total. The van der Waals surface area contributed by atoms with E-state index in [4.69, 9.17) is 4.74 Å². The molecular weight excluding hydrogens is 350 g/mol. The normalized spacial score (nSPS) is 11.9. The molecule has 1 amide bonds. The second-order valence-electron chi connectivity index (χ2n) is 5.14. The third kappa shape index (κ3) is 5.53. The van der Waals surface area contributed by atoms with Gasteiger partial charge in [-0.3, -0.25) is 4.79 Å². The Labute approximate surface area is 147 Å². The lowest BCUT2D eigenvalue weighted by molar-refractivity contribution is -0.123. The van der Waals surface area contributed by atoms with Gasteiger partial charge in [0.25, 0.3) is 11.7 Å². The predicted molar refractivity (Wildman–Crippen MR) is 90.8 cm³/mol. The smallest absolute Gasteiger partial charge is 0.341 e. The van der Waals surface area contributed by atoms with Crippen LogP contribution in [0.4, 0.5) is 14.5 Å². The summed E-state index contributed by atoms with van der Waals surface area (Å²) in [7, 11) is 0. The second-order valence-corrected chi connectivity index (χ2v) is 6.12. The number of nitrogens with zero attached hydrogens (tertiary/aromatic N) is 1. The van der Waals surface area contributed by atoms with Gasteiger partial charge in [0.15, 0.2) is 6.10 Å². The molecule has 0 aliphatic heterocycles. The first kappa shape index (κ1) is 18.9. The van der Waals surface area contributed by atoms with E-state index in [1.54, 1.807) is 12.1 Å². The van der Waals surface area contributed by atoms with Crippen LogP contribution in [-0.4, -0.2) is 28.7 Å². The number of benzene rings is 1. The van der Waals surface area contributed by atoms with Crippen molar-refractivity contribution in [3.8, 4) is 0 Å². The number of ether oxygens (including phenoxy) is 1. The molecule has 0 fully saturated rings. The lowest BCUT2D eigenvalue weighted by Crippen LogP contribution is -2.30. The van der Waals surface area contributed by atoms with Gasteiger partial charge in [0.2, 0.25) is 0 Å². The summed E-state index contributed by atoms with van der Waals surface area (Å²) in [6, 6.07) is 9.86. The summed E-state index contributed by atoms with van der Waals surface area (Å²) in [4.78, 5) is 28.0. The van der Waals surface area contributed by atoms with Gasteiger partial charge in [0, 0.05) is 11.9 Å². The quantitative estimate of drug-likeness (QED) is 0.621.